The molecule has 1 fully saturated rings. The first kappa shape index (κ1) is 23.4. The average molecular weight is 442 g/mol. The maximum Gasteiger partial charge on any atom is 0.297 e. The number of carbonyl (C=O) groups is 1. The molecule has 0 aliphatic heterocycles. The Morgan fingerprint density at radius 1 is 1.31 bits per heavy atom. The summed E-state index contributed by atoms with van der Waals surface area (Å²) in [4.78, 5) is 25.1. The Bertz CT molecular complexity index is 1010. The Kier molecular flexibility index (Phi) is 7.57. The molecule has 2 unspecified atom stereocenters. The van der Waals surface area contributed by atoms with Gasteiger partial charge in [0.15, 0.2) is 0 Å². The lowest BCUT2D eigenvalue weighted by atomic mass is 10.0. The minimum atomic E-state index is -0.486. The van der Waals surface area contributed by atoms with Crippen LogP contribution in [0.5, 0.6) is 5.88 Å². The van der Waals surface area contributed by atoms with E-state index in [1.54, 1.807) is 38.7 Å². The SMILES string of the molecule is COCc1cc(C(=O)N=C(N)/C=C(\N)C2CCC(Oc3nccnc3C(C)C)C2)n(C)n1. The summed E-state index contributed by atoms with van der Waals surface area (Å²) in [7, 11) is 3.23. The zero-order valence-electron chi connectivity index (χ0n) is 19.0. The van der Waals surface area contributed by atoms with Crippen LogP contribution in [0, 0.1) is 5.92 Å². The van der Waals surface area contributed by atoms with Crippen LogP contribution in [0.2, 0.25) is 0 Å². The lowest BCUT2D eigenvalue weighted by Gasteiger charge is -2.16. The molecule has 0 bridgehead atoms. The molecule has 1 saturated carbocycles. The topological polar surface area (TPSA) is 144 Å². The van der Waals surface area contributed by atoms with E-state index < -0.39 is 5.91 Å². The van der Waals surface area contributed by atoms with E-state index in [9.17, 15) is 4.79 Å². The van der Waals surface area contributed by atoms with E-state index in [-0.39, 0.29) is 23.8 Å². The fourth-order valence-electron chi connectivity index (χ4n) is 3.77. The molecule has 172 valence electrons. The van der Waals surface area contributed by atoms with Crippen LogP contribution in [0.3, 0.4) is 0 Å². The highest BCUT2D eigenvalue weighted by atomic mass is 16.5. The second kappa shape index (κ2) is 10.4. The molecule has 1 aliphatic carbocycles. The first-order valence-corrected chi connectivity index (χ1v) is 10.6. The van der Waals surface area contributed by atoms with Crippen molar-refractivity contribution in [1.82, 2.24) is 19.7 Å². The lowest BCUT2D eigenvalue weighted by Crippen LogP contribution is -2.19. The number of nitrogens with zero attached hydrogens (tertiary/aromatic N) is 5. The molecule has 0 spiro atoms. The van der Waals surface area contributed by atoms with Crippen molar-refractivity contribution in [2.45, 2.75) is 51.7 Å². The highest BCUT2D eigenvalue weighted by Crippen LogP contribution is 2.33. The van der Waals surface area contributed by atoms with Crippen LogP contribution in [-0.2, 0) is 18.4 Å². The Morgan fingerprint density at radius 2 is 2.06 bits per heavy atom. The molecule has 3 rings (SSSR count). The van der Waals surface area contributed by atoms with E-state index in [1.807, 2.05) is 0 Å². The lowest BCUT2D eigenvalue weighted by molar-refractivity contribution is 0.0994. The Morgan fingerprint density at radius 3 is 2.78 bits per heavy atom. The first-order valence-electron chi connectivity index (χ1n) is 10.6. The zero-order chi connectivity index (χ0) is 23.3. The molecule has 0 radical (unpaired) electrons. The molecule has 1 amide bonds. The van der Waals surface area contributed by atoms with E-state index in [0.29, 0.717) is 29.6 Å². The summed E-state index contributed by atoms with van der Waals surface area (Å²) in [6.07, 6.45) is 7.30. The van der Waals surface area contributed by atoms with Gasteiger partial charge in [0.25, 0.3) is 5.91 Å². The Labute approximate surface area is 187 Å². The fraction of sp³-hybridized carbons (Fsp3) is 0.500. The molecule has 0 aromatic carbocycles. The molecule has 2 aromatic rings. The van der Waals surface area contributed by atoms with Gasteiger partial charge in [0.05, 0.1) is 12.3 Å². The maximum atomic E-state index is 12.5. The summed E-state index contributed by atoms with van der Waals surface area (Å²) in [5.41, 5.74) is 14.6. The van der Waals surface area contributed by atoms with Gasteiger partial charge in [-0.05, 0) is 31.4 Å². The van der Waals surface area contributed by atoms with Crippen molar-refractivity contribution in [2.24, 2.45) is 29.4 Å². The number of aliphatic imine (C=N–C) groups is 1. The van der Waals surface area contributed by atoms with Crippen molar-refractivity contribution < 1.29 is 14.3 Å². The van der Waals surface area contributed by atoms with Gasteiger partial charge in [0, 0.05) is 44.1 Å². The van der Waals surface area contributed by atoms with E-state index in [2.05, 4.69) is 33.9 Å². The van der Waals surface area contributed by atoms with Gasteiger partial charge in [-0.15, -0.1) is 0 Å². The van der Waals surface area contributed by atoms with Gasteiger partial charge in [-0.2, -0.15) is 10.1 Å². The predicted octanol–water partition coefficient (Wildman–Crippen LogP) is 2.07. The third kappa shape index (κ3) is 5.70. The molecule has 1 aliphatic rings. The van der Waals surface area contributed by atoms with Gasteiger partial charge in [0.1, 0.15) is 23.3 Å². The second-order valence-electron chi connectivity index (χ2n) is 8.21. The summed E-state index contributed by atoms with van der Waals surface area (Å²) >= 11 is 0. The van der Waals surface area contributed by atoms with Gasteiger partial charge >= 0.3 is 0 Å². The largest absolute Gasteiger partial charge is 0.473 e. The molecule has 32 heavy (non-hydrogen) atoms. The number of hydrogen-bond acceptors (Lipinski definition) is 7. The number of methoxy groups -OCH3 is 1. The van der Waals surface area contributed by atoms with Crippen molar-refractivity contribution in [3.8, 4) is 5.88 Å². The molecule has 10 heteroatoms. The standard InChI is InChI=1S/C22H31N7O3/c1-13(2)20-22(26-8-7-25-20)32-16-6-5-14(9-16)17(23)11-19(24)27-21(30)18-10-15(12-31-4)28-29(18)3/h7-8,10-11,13-14,16H,5-6,9,12,23H2,1-4H3,(H2,24,27,30)/b17-11-. The maximum absolute atomic E-state index is 12.5. The molecule has 2 heterocycles. The van der Waals surface area contributed by atoms with E-state index in [0.717, 1.165) is 25.0 Å². The number of carbonyl (C=O) groups excluding carboxylic acids is 1. The number of allylic oxidation sites excluding steroid dienone is 1. The van der Waals surface area contributed by atoms with Crippen LogP contribution in [0.4, 0.5) is 0 Å². The van der Waals surface area contributed by atoms with E-state index in [4.69, 9.17) is 20.9 Å². The van der Waals surface area contributed by atoms with Crippen molar-refractivity contribution in [1.29, 1.82) is 0 Å². The number of ether oxygens (including phenoxy) is 2. The fourth-order valence-corrected chi connectivity index (χ4v) is 3.77. The van der Waals surface area contributed by atoms with Crippen molar-refractivity contribution in [3.05, 3.63) is 47.3 Å². The number of aryl methyl sites for hydroxylation is 1. The van der Waals surface area contributed by atoms with Gasteiger partial charge in [-0.1, -0.05) is 13.8 Å². The summed E-state index contributed by atoms with van der Waals surface area (Å²) in [6.45, 7) is 4.43. The van der Waals surface area contributed by atoms with E-state index in [1.165, 1.54) is 4.68 Å². The average Bonchev–Trinajstić information content (AvgIpc) is 3.35. The molecule has 2 aromatic heterocycles. The molecule has 2 atom stereocenters. The normalized spacial score (nSPS) is 19.5. The van der Waals surface area contributed by atoms with Crippen molar-refractivity contribution >= 4 is 11.7 Å². The van der Waals surface area contributed by atoms with Gasteiger partial charge in [-0.3, -0.25) is 14.5 Å². The van der Waals surface area contributed by atoms with Crippen LogP contribution < -0.4 is 16.2 Å². The van der Waals surface area contributed by atoms with Crippen LogP contribution >= 0.6 is 0 Å². The highest BCUT2D eigenvalue weighted by molar-refractivity contribution is 6.05. The third-order valence-corrected chi connectivity index (χ3v) is 5.36. The van der Waals surface area contributed by atoms with Crippen LogP contribution in [0.25, 0.3) is 0 Å². The second-order valence-corrected chi connectivity index (χ2v) is 8.21. The number of hydrogen-bond donors (Lipinski definition) is 2. The van der Waals surface area contributed by atoms with Gasteiger partial charge in [0.2, 0.25) is 5.88 Å². The Balaban J connectivity index is 1.63. The van der Waals surface area contributed by atoms with Crippen molar-refractivity contribution in [2.75, 3.05) is 7.11 Å². The predicted molar refractivity (Wildman–Crippen MR) is 120 cm³/mol. The smallest absolute Gasteiger partial charge is 0.297 e. The molecular weight excluding hydrogens is 410 g/mol. The molecule has 10 nitrogen and oxygen atoms in total. The Hall–Kier alpha value is -3.27. The summed E-state index contributed by atoms with van der Waals surface area (Å²) in [5.74, 6) is 0.460. The quantitative estimate of drug-likeness (QED) is 0.468. The molecule has 0 saturated heterocycles. The molecule has 4 N–H and O–H groups in total. The van der Waals surface area contributed by atoms with Gasteiger partial charge < -0.3 is 20.9 Å². The zero-order valence-corrected chi connectivity index (χ0v) is 19.0. The number of amidine groups is 1. The molecular formula is C22H31N7O3. The van der Waals surface area contributed by atoms with Crippen LogP contribution in [0.1, 0.15) is 60.9 Å². The summed E-state index contributed by atoms with van der Waals surface area (Å²) in [6, 6.07) is 1.63. The van der Waals surface area contributed by atoms with E-state index >= 15 is 0 Å². The minimum absolute atomic E-state index is 0.00501. The number of rotatable bonds is 8. The number of amides is 1. The number of aromatic nitrogens is 4. The van der Waals surface area contributed by atoms with Crippen molar-refractivity contribution in [3.63, 3.8) is 0 Å². The summed E-state index contributed by atoms with van der Waals surface area (Å²) < 4.78 is 12.6. The third-order valence-electron chi connectivity index (χ3n) is 5.36. The highest BCUT2D eigenvalue weighted by Gasteiger charge is 2.29. The van der Waals surface area contributed by atoms with Gasteiger partial charge in [-0.25, -0.2) is 4.98 Å². The summed E-state index contributed by atoms with van der Waals surface area (Å²) in [5, 5.41) is 4.21. The minimum Gasteiger partial charge on any atom is -0.473 e. The van der Waals surface area contributed by atoms with Crippen LogP contribution in [0.15, 0.2) is 35.2 Å². The number of nitrogens with two attached hydrogens (primary N) is 2. The monoisotopic (exact) mass is 441 g/mol. The van der Waals surface area contributed by atoms with Crippen LogP contribution in [-0.4, -0.2) is 44.7 Å². The first-order chi connectivity index (χ1) is 15.3.